The Morgan fingerprint density at radius 3 is 2.68 bits per heavy atom. The Morgan fingerprint density at radius 2 is 1.88 bits per heavy atom. The van der Waals surface area contributed by atoms with Crippen LogP contribution in [-0.2, 0) is 6.54 Å². The number of hydrogen-bond donors (Lipinski definition) is 0. The second-order valence-electron chi connectivity index (χ2n) is 6.42. The van der Waals surface area contributed by atoms with Gasteiger partial charge in [0.2, 0.25) is 0 Å². The van der Waals surface area contributed by atoms with Gasteiger partial charge in [-0.15, -0.1) is 5.10 Å². The summed E-state index contributed by atoms with van der Waals surface area (Å²) < 4.78 is 2.95. The molecule has 0 saturated carbocycles. The molecule has 0 unspecified atom stereocenters. The van der Waals surface area contributed by atoms with E-state index in [1.54, 1.807) is 18.3 Å². The Kier molecular flexibility index (Phi) is 4.09. The van der Waals surface area contributed by atoms with Gasteiger partial charge in [0.05, 0.1) is 6.54 Å². The molecule has 2 aromatic heterocycles. The molecule has 6 nitrogen and oxygen atoms in total. The van der Waals surface area contributed by atoms with Crippen LogP contribution < -0.4 is 5.69 Å². The van der Waals surface area contributed by atoms with E-state index in [2.05, 4.69) is 5.10 Å². The van der Waals surface area contributed by atoms with Crippen molar-refractivity contribution in [2.45, 2.75) is 25.8 Å². The van der Waals surface area contributed by atoms with Crippen LogP contribution in [0.5, 0.6) is 0 Å². The average Bonchev–Trinajstić information content (AvgIpc) is 2.98. The van der Waals surface area contributed by atoms with Gasteiger partial charge < -0.3 is 4.90 Å². The van der Waals surface area contributed by atoms with E-state index in [0.29, 0.717) is 17.8 Å². The second kappa shape index (κ2) is 6.55. The van der Waals surface area contributed by atoms with E-state index < -0.39 is 0 Å². The van der Waals surface area contributed by atoms with Crippen molar-refractivity contribution in [3.63, 3.8) is 0 Å². The number of amides is 1. The predicted octanol–water partition coefficient (Wildman–Crippen LogP) is 2.17. The molecule has 1 aliphatic rings. The molecule has 1 fully saturated rings. The Bertz CT molecular complexity index is 967. The van der Waals surface area contributed by atoms with Crippen LogP contribution in [0.1, 0.15) is 35.2 Å². The number of rotatable bonds is 3. The number of aromatic nitrogens is 3. The SMILES string of the molecule is O=C(c1cccc(Cn2nc3ccccn3c2=O)c1)N1CCCCC1. The lowest BCUT2D eigenvalue weighted by atomic mass is 10.1. The van der Waals surface area contributed by atoms with Gasteiger partial charge in [0, 0.05) is 24.8 Å². The Hall–Kier alpha value is -2.89. The monoisotopic (exact) mass is 336 g/mol. The minimum atomic E-state index is -0.177. The number of piperidine rings is 1. The van der Waals surface area contributed by atoms with Crippen LogP contribution in [0.15, 0.2) is 53.5 Å². The summed E-state index contributed by atoms with van der Waals surface area (Å²) in [6.07, 6.45) is 5.04. The molecule has 6 heteroatoms. The highest BCUT2D eigenvalue weighted by molar-refractivity contribution is 5.94. The summed E-state index contributed by atoms with van der Waals surface area (Å²) in [6, 6.07) is 13.0. The number of carbonyl (C=O) groups excluding carboxylic acids is 1. The summed E-state index contributed by atoms with van der Waals surface area (Å²) in [7, 11) is 0. The lowest BCUT2D eigenvalue weighted by Gasteiger charge is -2.26. The zero-order chi connectivity index (χ0) is 17.2. The lowest BCUT2D eigenvalue weighted by molar-refractivity contribution is 0.0724. The first-order valence-electron chi connectivity index (χ1n) is 8.65. The van der Waals surface area contributed by atoms with Crippen molar-refractivity contribution in [1.82, 2.24) is 19.1 Å². The first-order chi connectivity index (χ1) is 12.2. The summed E-state index contributed by atoms with van der Waals surface area (Å²) in [5.74, 6) is 0.0731. The van der Waals surface area contributed by atoms with E-state index in [1.165, 1.54) is 15.5 Å². The molecular weight excluding hydrogens is 316 g/mol. The van der Waals surface area contributed by atoms with Gasteiger partial charge in [0.1, 0.15) is 0 Å². The highest BCUT2D eigenvalue weighted by Gasteiger charge is 2.18. The van der Waals surface area contributed by atoms with Crippen molar-refractivity contribution in [2.75, 3.05) is 13.1 Å². The van der Waals surface area contributed by atoms with Crippen LogP contribution in [-0.4, -0.2) is 38.1 Å². The fraction of sp³-hybridized carbons (Fsp3) is 0.316. The van der Waals surface area contributed by atoms with Crippen molar-refractivity contribution in [1.29, 1.82) is 0 Å². The van der Waals surface area contributed by atoms with Gasteiger partial charge in [-0.3, -0.25) is 9.20 Å². The maximum absolute atomic E-state index is 12.6. The van der Waals surface area contributed by atoms with Gasteiger partial charge in [0.15, 0.2) is 5.65 Å². The van der Waals surface area contributed by atoms with Crippen LogP contribution >= 0.6 is 0 Å². The zero-order valence-electron chi connectivity index (χ0n) is 14.0. The number of hydrogen-bond acceptors (Lipinski definition) is 3. The standard InChI is InChI=1S/C19H20N4O2/c24-18(21-10-3-1-4-11-21)16-8-6-7-15(13-16)14-23-19(25)22-12-5-2-9-17(22)20-23/h2,5-9,12-13H,1,3-4,10-11,14H2. The molecule has 1 saturated heterocycles. The molecule has 1 amide bonds. The second-order valence-corrected chi connectivity index (χ2v) is 6.42. The third-order valence-corrected chi connectivity index (χ3v) is 4.64. The average molecular weight is 336 g/mol. The molecule has 0 bridgehead atoms. The molecule has 128 valence electrons. The quantitative estimate of drug-likeness (QED) is 0.736. The van der Waals surface area contributed by atoms with E-state index in [1.807, 2.05) is 35.2 Å². The smallest absolute Gasteiger partial charge is 0.339 e. The number of benzene rings is 1. The number of likely N-dealkylation sites (tertiary alicyclic amines) is 1. The van der Waals surface area contributed by atoms with E-state index in [9.17, 15) is 9.59 Å². The summed E-state index contributed by atoms with van der Waals surface area (Å²) in [5.41, 5.74) is 2.01. The molecule has 3 aromatic rings. The molecule has 1 aliphatic heterocycles. The van der Waals surface area contributed by atoms with Crippen LogP contribution in [0.3, 0.4) is 0 Å². The number of nitrogens with zero attached hydrogens (tertiary/aromatic N) is 4. The van der Waals surface area contributed by atoms with Crippen molar-refractivity contribution in [2.24, 2.45) is 0 Å². The first-order valence-corrected chi connectivity index (χ1v) is 8.65. The molecule has 3 heterocycles. The Morgan fingerprint density at radius 1 is 1.04 bits per heavy atom. The summed E-state index contributed by atoms with van der Waals surface area (Å²) in [6.45, 7) is 2.01. The molecule has 4 rings (SSSR count). The zero-order valence-corrected chi connectivity index (χ0v) is 14.0. The molecule has 25 heavy (non-hydrogen) atoms. The molecule has 0 spiro atoms. The minimum Gasteiger partial charge on any atom is -0.339 e. The Labute approximate surface area is 145 Å². The molecular formula is C19H20N4O2. The van der Waals surface area contributed by atoms with E-state index in [0.717, 1.165) is 31.5 Å². The van der Waals surface area contributed by atoms with Crippen LogP contribution in [0.2, 0.25) is 0 Å². The van der Waals surface area contributed by atoms with Crippen molar-refractivity contribution >= 4 is 11.6 Å². The van der Waals surface area contributed by atoms with Gasteiger partial charge in [0.25, 0.3) is 5.91 Å². The summed E-state index contributed by atoms with van der Waals surface area (Å²) >= 11 is 0. The number of pyridine rings is 1. The highest BCUT2D eigenvalue weighted by Crippen LogP contribution is 2.14. The van der Waals surface area contributed by atoms with Crippen molar-refractivity contribution < 1.29 is 4.79 Å². The normalized spacial score (nSPS) is 14.8. The minimum absolute atomic E-state index is 0.0731. The predicted molar refractivity (Wildman–Crippen MR) is 94.8 cm³/mol. The highest BCUT2D eigenvalue weighted by atomic mass is 16.2. The maximum atomic E-state index is 12.6. The summed E-state index contributed by atoms with van der Waals surface area (Å²) in [5, 5.41) is 4.34. The topological polar surface area (TPSA) is 59.6 Å². The van der Waals surface area contributed by atoms with Gasteiger partial charge in [-0.2, -0.15) is 0 Å². The van der Waals surface area contributed by atoms with E-state index >= 15 is 0 Å². The summed E-state index contributed by atoms with van der Waals surface area (Å²) in [4.78, 5) is 27.0. The molecule has 1 aromatic carbocycles. The van der Waals surface area contributed by atoms with Crippen LogP contribution in [0, 0.1) is 0 Å². The third-order valence-electron chi connectivity index (χ3n) is 4.64. The van der Waals surface area contributed by atoms with Crippen molar-refractivity contribution in [3.05, 3.63) is 70.3 Å². The van der Waals surface area contributed by atoms with Gasteiger partial charge >= 0.3 is 5.69 Å². The van der Waals surface area contributed by atoms with Crippen LogP contribution in [0.25, 0.3) is 5.65 Å². The van der Waals surface area contributed by atoms with Gasteiger partial charge in [-0.05, 0) is 49.1 Å². The van der Waals surface area contributed by atoms with Gasteiger partial charge in [-0.1, -0.05) is 18.2 Å². The van der Waals surface area contributed by atoms with Crippen molar-refractivity contribution in [3.8, 4) is 0 Å². The molecule has 0 aliphatic carbocycles. The lowest BCUT2D eigenvalue weighted by Crippen LogP contribution is -2.35. The molecule has 0 radical (unpaired) electrons. The van der Waals surface area contributed by atoms with E-state index in [4.69, 9.17) is 0 Å². The van der Waals surface area contributed by atoms with E-state index in [-0.39, 0.29) is 11.6 Å². The number of carbonyl (C=O) groups is 1. The molecule has 0 atom stereocenters. The fourth-order valence-electron chi connectivity index (χ4n) is 3.33. The van der Waals surface area contributed by atoms with Gasteiger partial charge in [-0.25, -0.2) is 9.48 Å². The van der Waals surface area contributed by atoms with Crippen LogP contribution in [0.4, 0.5) is 0 Å². The largest absolute Gasteiger partial charge is 0.350 e. The third kappa shape index (κ3) is 3.07. The maximum Gasteiger partial charge on any atom is 0.350 e. The molecule has 0 N–H and O–H groups in total. The Balaban J connectivity index is 1.59. The first kappa shape index (κ1) is 15.6. The number of fused-ring (bicyclic) bond motifs is 1. The fourth-order valence-corrected chi connectivity index (χ4v) is 3.33.